The molecule has 1 amide bonds. The van der Waals surface area contributed by atoms with E-state index in [1.165, 1.54) is 6.92 Å². The molecule has 2 N–H and O–H groups in total. The molecule has 3 rings (SSSR count). The molecule has 3 aromatic carbocycles. The number of hydrogen-bond acceptors (Lipinski definition) is 2. The fraction of sp³-hybridized carbons (Fsp3) is 0.300. The SMILES string of the molecule is C=C(C(=O)NCc1cc(C(C)(C)c2ccccc2)c(O)c(C(C)(C)c2ccccc2)c1)C(C)F. The monoisotopic (exact) mass is 459 g/mol. The zero-order valence-corrected chi connectivity index (χ0v) is 20.7. The molecule has 0 saturated heterocycles. The van der Waals surface area contributed by atoms with Crippen molar-refractivity contribution >= 4 is 5.91 Å². The van der Waals surface area contributed by atoms with E-state index in [-0.39, 0.29) is 17.9 Å². The van der Waals surface area contributed by atoms with Gasteiger partial charge in [-0.1, -0.05) is 94.9 Å². The van der Waals surface area contributed by atoms with Gasteiger partial charge in [-0.25, -0.2) is 4.39 Å². The minimum atomic E-state index is -1.42. The Balaban J connectivity index is 2.13. The van der Waals surface area contributed by atoms with Gasteiger partial charge >= 0.3 is 0 Å². The second-order valence-electron chi connectivity index (χ2n) is 9.85. The van der Waals surface area contributed by atoms with Crippen molar-refractivity contribution < 1.29 is 14.3 Å². The van der Waals surface area contributed by atoms with Crippen LogP contribution in [-0.4, -0.2) is 17.2 Å². The lowest BCUT2D eigenvalue weighted by Gasteiger charge is -2.33. The normalized spacial score (nSPS) is 12.8. The van der Waals surface area contributed by atoms with Crippen molar-refractivity contribution in [1.29, 1.82) is 0 Å². The second-order valence-corrected chi connectivity index (χ2v) is 9.85. The molecule has 0 radical (unpaired) electrons. The molecule has 0 bridgehead atoms. The third-order valence-electron chi connectivity index (χ3n) is 6.73. The van der Waals surface area contributed by atoms with Crippen LogP contribution in [0.2, 0.25) is 0 Å². The highest BCUT2D eigenvalue weighted by molar-refractivity contribution is 5.93. The Morgan fingerprint density at radius 1 is 0.912 bits per heavy atom. The maximum atomic E-state index is 13.5. The Bertz CT molecular complexity index is 1090. The number of carbonyl (C=O) groups excluding carboxylic acids is 1. The number of hydrogen-bond donors (Lipinski definition) is 2. The van der Waals surface area contributed by atoms with Crippen molar-refractivity contribution in [2.24, 2.45) is 0 Å². The fourth-order valence-corrected chi connectivity index (χ4v) is 4.25. The average Bonchev–Trinajstić information content (AvgIpc) is 2.83. The molecule has 1 atom stereocenters. The van der Waals surface area contributed by atoms with E-state index in [4.69, 9.17) is 0 Å². The van der Waals surface area contributed by atoms with E-state index in [0.717, 1.165) is 27.8 Å². The van der Waals surface area contributed by atoms with E-state index in [0.29, 0.717) is 0 Å². The zero-order valence-electron chi connectivity index (χ0n) is 20.7. The number of carbonyl (C=O) groups is 1. The number of benzene rings is 3. The Morgan fingerprint density at radius 3 is 1.71 bits per heavy atom. The third-order valence-corrected chi connectivity index (χ3v) is 6.73. The summed E-state index contributed by atoms with van der Waals surface area (Å²) in [7, 11) is 0. The molecule has 0 spiro atoms. The van der Waals surface area contributed by atoms with Crippen LogP contribution in [0.4, 0.5) is 4.39 Å². The largest absolute Gasteiger partial charge is 0.507 e. The Hall–Kier alpha value is -3.40. The van der Waals surface area contributed by atoms with Gasteiger partial charge in [0.05, 0.1) is 0 Å². The van der Waals surface area contributed by atoms with Crippen LogP contribution in [0.1, 0.15) is 62.4 Å². The summed E-state index contributed by atoms with van der Waals surface area (Å²) in [5.41, 5.74) is 3.39. The molecule has 0 saturated carbocycles. The number of phenolic OH excluding ortho intramolecular Hbond substituents is 1. The number of rotatable bonds is 8. The van der Waals surface area contributed by atoms with E-state index in [2.05, 4.69) is 39.6 Å². The molecular weight excluding hydrogens is 425 g/mol. The summed E-state index contributed by atoms with van der Waals surface area (Å²) in [6, 6.07) is 23.9. The van der Waals surface area contributed by atoms with Crippen molar-refractivity contribution in [3.05, 3.63) is 113 Å². The summed E-state index contributed by atoms with van der Waals surface area (Å²) in [5.74, 6) is -0.282. The van der Waals surface area contributed by atoms with Crippen molar-refractivity contribution in [3.8, 4) is 5.75 Å². The summed E-state index contributed by atoms with van der Waals surface area (Å²) in [4.78, 5) is 12.3. The first kappa shape index (κ1) is 25.2. The summed E-state index contributed by atoms with van der Waals surface area (Å²) in [6.07, 6.45) is -1.42. The number of halogens is 1. The number of nitrogens with one attached hydrogen (secondary N) is 1. The summed E-state index contributed by atoms with van der Waals surface area (Å²) in [5, 5.41) is 14.4. The molecule has 1 unspecified atom stereocenters. The smallest absolute Gasteiger partial charge is 0.249 e. The number of aromatic hydroxyl groups is 1. The Labute approximate surface area is 202 Å². The van der Waals surface area contributed by atoms with E-state index in [1.54, 1.807) is 0 Å². The third kappa shape index (κ3) is 5.06. The van der Waals surface area contributed by atoms with Crippen LogP contribution in [0.25, 0.3) is 0 Å². The predicted molar refractivity (Wildman–Crippen MR) is 137 cm³/mol. The van der Waals surface area contributed by atoms with Gasteiger partial charge in [-0.05, 0) is 35.7 Å². The van der Waals surface area contributed by atoms with Crippen LogP contribution < -0.4 is 5.32 Å². The van der Waals surface area contributed by atoms with Crippen molar-refractivity contribution in [2.75, 3.05) is 0 Å². The zero-order chi connectivity index (χ0) is 25.1. The highest BCUT2D eigenvalue weighted by Crippen LogP contribution is 2.44. The molecule has 0 aliphatic heterocycles. The Morgan fingerprint density at radius 2 is 1.32 bits per heavy atom. The topological polar surface area (TPSA) is 49.3 Å². The van der Waals surface area contributed by atoms with Gasteiger partial charge in [0.15, 0.2) is 0 Å². The van der Waals surface area contributed by atoms with Gasteiger partial charge in [0.1, 0.15) is 11.9 Å². The molecule has 0 aliphatic rings. The molecule has 3 nitrogen and oxygen atoms in total. The average molecular weight is 460 g/mol. The van der Waals surface area contributed by atoms with Crippen molar-refractivity contribution in [3.63, 3.8) is 0 Å². The van der Waals surface area contributed by atoms with E-state index in [9.17, 15) is 14.3 Å². The molecule has 0 aromatic heterocycles. The van der Waals surface area contributed by atoms with E-state index in [1.807, 2.05) is 72.8 Å². The molecule has 34 heavy (non-hydrogen) atoms. The first-order valence-corrected chi connectivity index (χ1v) is 11.5. The number of alkyl halides is 1. The lowest BCUT2D eigenvalue weighted by atomic mass is 9.71. The molecular formula is C30H34FNO2. The van der Waals surface area contributed by atoms with Gasteiger partial charge in [-0.2, -0.15) is 0 Å². The second kappa shape index (κ2) is 9.84. The van der Waals surface area contributed by atoms with Gasteiger partial charge in [0, 0.05) is 34.1 Å². The van der Waals surface area contributed by atoms with Gasteiger partial charge < -0.3 is 10.4 Å². The maximum Gasteiger partial charge on any atom is 0.249 e. The van der Waals surface area contributed by atoms with E-state index < -0.39 is 22.9 Å². The summed E-state index contributed by atoms with van der Waals surface area (Å²) in [6.45, 7) is 13.3. The molecule has 4 heteroatoms. The van der Waals surface area contributed by atoms with Crippen LogP contribution in [0.5, 0.6) is 5.75 Å². The van der Waals surface area contributed by atoms with Crippen LogP contribution in [-0.2, 0) is 22.2 Å². The molecule has 0 heterocycles. The van der Waals surface area contributed by atoms with Crippen molar-refractivity contribution in [2.45, 2.75) is 58.2 Å². The van der Waals surface area contributed by atoms with Crippen LogP contribution in [0, 0.1) is 0 Å². The summed E-state index contributed by atoms with van der Waals surface area (Å²) >= 11 is 0. The first-order valence-electron chi connectivity index (χ1n) is 11.5. The highest BCUT2D eigenvalue weighted by Gasteiger charge is 2.33. The van der Waals surface area contributed by atoms with Gasteiger partial charge in [0.2, 0.25) is 5.91 Å². The lowest BCUT2D eigenvalue weighted by Crippen LogP contribution is -2.28. The standard InChI is InChI=1S/C30H34FNO2/c1-20(21(2)31)28(34)32-19-22-17-25(29(3,4)23-13-9-7-10-14-23)27(33)26(18-22)30(5,6)24-15-11-8-12-16-24/h7-18,21,33H,1,19H2,2-6H3,(H,32,34). The van der Waals surface area contributed by atoms with Crippen LogP contribution in [0.3, 0.4) is 0 Å². The van der Waals surface area contributed by atoms with Gasteiger partial charge in [0.25, 0.3) is 0 Å². The maximum absolute atomic E-state index is 13.5. The first-order chi connectivity index (χ1) is 16.0. The molecule has 3 aromatic rings. The van der Waals surface area contributed by atoms with Crippen molar-refractivity contribution in [1.82, 2.24) is 5.32 Å². The number of amides is 1. The quantitative estimate of drug-likeness (QED) is 0.374. The predicted octanol–water partition coefficient (Wildman–Crippen LogP) is 6.57. The molecule has 0 aliphatic carbocycles. The minimum Gasteiger partial charge on any atom is -0.507 e. The minimum absolute atomic E-state index is 0.103. The molecule has 178 valence electrons. The molecule has 0 fully saturated rings. The fourth-order valence-electron chi connectivity index (χ4n) is 4.25. The highest BCUT2D eigenvalue weighted by atomic mass is 19.1. The Kier molecular flexibility index (Phi) is 7.30. The lowest BCUT2D eigenvalue weighted by molar-refractivity contribution is -0.118. The van der Waals surface area contributed by atoms with E-state index >= 15 is 0 Å². The number of phenols is 1. The van der Waals surface area contributed by atoms with Gasteiger partial charge in [-0.3, -0.25) is 4.79 Å². The van der Waals surface area contributed by atoms with Gasteiger partial charge in [-0.15, -0.1) is 0 Å². The van der Waals surface area contributed by atoms with Crippen LogP contribution >= 0.6 is 0 Å². The summed E-state index contributed by atoms with van der Waals surface area (Å²) < 4.78 is 13.5. The van der Waals surface area contributed by atoms with Crippen LogP contribution in [0.15, 0.2) is 84.9 Å².